The summed E-state index contributed by atoms with van der Waals surface area (Å²) in [6.45, 7) is 6.05. The molecule has 0 fully saturated rings. The van der Waals surface area contributed by atoms with Crippen LogP contribution in [0.4, 0.5) is 0 Å². The Morgan fingerprint density at radius 1 is 1.26 bits per heavy atom. The third-order valence-corrected chi connectivity index (χ3v) is 7.39. The fraction of sp³-hybridized carbons (Fsp3) is 0.526. The summed E-state index contributed by atoms with van der Waals surface area (Å²) in [6.07, 6.45) is 0.0113. The molecule has 1 aromatic heterocycles. The topological polar surface area (TPSA) is 51.3 Å². The van der Waals surface area contributed by atoms with Gasteiger partial charge in [0.1, 0.15) is 9.42 Å². The molecular weight excluding hydrogens is 425 g/mol. The number of ether oxygens (including phenoxy) is 2. The molecule has 3 unspecified atom stereocenters. The Hall–Kier alpha value is -0.530. The van der Waals surface area contributed by atoms with Crippen molar-refractivity contribution in [1.29, 1.82) is 0 Å². The predicted octanol–water partition coefficient (Wildman–Crippen LogP) is 6.28. The van der Waals surface area contributed by atoms with Crippen LogP contribution in [0.5, 0.6) is 0 Å². The second-order valence-corrected chi connectivity index (χ2v) is 10.3. The number of hydrogen-bond donors (Lipinski definition) is 1. The van der Waals surface area contributed by atoms with Crippen molar-refractivity contribution in [3.8, 4) is 0 Å². The highest BCUT2D eigenvalue weighted by molar-refractivity contribution is 8.00. The zero-order chi connectivity index (χ0) is 19.6. The first-order chi connectivity index (χ1) is 13.0. The van der Waals surface area contributed by atoms with Crippen LogP contribution in [0, 0.1) is 0 Å². The maximum Gasteiger partial charge on any atom is 0.305 e. The number of thioether (sulfide) groups is 2. The summed E-state index contributed by atoms with van der Waals surface area (Å²) in [5.74, 6) is 1.47. The minimum absolute atomic E-state index is 0.158. The van der Waals surface area contributed by atoms with E-state index in [0.717, 1.165) is 51.2 Å². The van der Waals surface area contributed by atoms with E-state index in [-0.39, 0.29) is 15.4 Å². The molecule has 3 rings (SSSR count). The van der Waals surface area contributed by atoms with Crippen LogP contribution >= 0.6 is 46.7 Å². The van der Waals surface area contributed by atoms with Crippen LogP contribution in [0.3, 0.4) is 0 Å². The number of benzene rings is 1. The Balaban J connectivity index is 2.20. The monoisotopic (exact) mass is 447 g/mol. The molecule has 1 aliphatic rings. The van der Waals surface area contributed by atoms with Gasteiger partial charge in [-0.3, -0.25) is 4.79 Å². The SMILES string of the molecule is CCSC(Cl)c1ccc(C(Cl)SCC)c2c3c([nH]c12)C(OC(C)=O)OCC3. The highest BCUT2D eigenvalue weighted by atomic mass is 35.5. The van der Waals surface area contributed by atoms with Crippen LogP contribution in [0.1, 0.15) is 58.9 Å². The molecule has 0 radical (unpaired) electrons. The summed E-state index contributed by atoms with van der Waals surface area (Å²) in [5, 5.41) is 1.09. The normalized spacial score (nSPS) is 18.9. The van der Waals surface area contributed by atoms with Gasteiger partial charge in [-0.05, 0) is 29.1 Å². The molecule has 0 saturated carbocycles. The molecule has 1 aromatic carbocycles. The number of nitrogens with one attached hydrogen (secondary N) is 1. The van der Waals surface area contributed by atoms with Gasteiger partial charge in [0, 0.05) is 17.9 Å². The Morgan fingerprint density at radius 2 is 1.89 bits per heavy atom. The molecule has 0 amide bonds. The van der Waals surface area contributed by atoms with Crippen LogP contribution in [-0.2, 0) is 20.7 Å². The Morgan fingerprint density at radius 3 is 2.52 bits per heavy atom. The maximum absolute atomic E-state index is 11.5. The van der Waals surface area contributed by atoms with Gasteiger partial charge >= 0.3 is 5.97 Å². The van der Waals surface area contributed by atoms with Crippen LogP contribution < -0.4 is 0 Å². The summed E-state index contributed by atoms with van der Waals surface area (Å²) in [6, 6.07) is 4.13. The number of carbonyl (C=O) groups excluding carboxylic acids is 1. The minimum Gasteiger partial charge on any atom is -0.430 e. The third-order valence-electron chi connectivity index (χ3n) is 4.40. The molecule has 0 aliphatic carbocycles. The third kappa shape index (κ3) is 4.40. The first-order valence-corrected chi connectivity index (χ1v) is 11.9. The number of alkyl halides is 2. The lowest BCUT2D eigenvalue weighted by Crippen LogP contribution is -2.20. The largest absolute Gasteiger partial charge is 0.430 e. The Bertz CT molecular complexity index is 827. The molecule has 3 atom stereocenters. The summed E-state index contributed by atoms with van der Waals surface area (Å²) in [5.41, 5.74) is 4.93. The van der Waals surface area contributed by atoms with E-state index in [4.69, 9.17) is 32.7 Å². The minimum atomic E-state index is -0.723. The average molecular weight is 448 g/mol. The molecule has 0 saturated heterocycles. The zero-order valence-electron chi connectivity index (χ0n) is 15.5. The number of H-pyrrole nitrogens is 1. The Labute approximate surface area is 178 Å². The van der Waals surface area contributed by atoms with Gasteiger partial charge in [-0.2, -0.15) is 0 Å². The van der Waals surface area contributed by atoms with E-state index in [2.05, 4.69) is 24.9 Å². The number of rotatable bonds is 7. The molecule has 2 aromatic rings. The van der Waals surface area contributed by atoms with Gasteiger partial charge in [-0.1, -0.05) is 26.0 Å². The fourth-order valence-corrected chi connectivity index (χ4v) is 5.80. The van der Waals surface area contributed by atoms with Crippen LogP contribution in [0.25, 0.3) is 10.9 Å². The number of fused-ring (bicyclic) bond motifs is 3. The van der Waals surface area contributed by atoms with E-state index in [1.54, 1.807) is 23.5 Å². The maximum atomic E-state index is 11.5. The lowest BCUT2D eigenvalue weighted by molar-refractivity contribution is -0.181. The molecule has 148 valence electrons. The van der Waals surface area contributed by atoms with Crippen LogP contribution in [-0.4, -0.2) is 29.1 Å². The lowest BCUT2D eigenvalue weighted by Gasteiger charge is -2.23. The van der Waals surface area contributed by atoms with Crippen molar-refractivity contribution >= 4 is 63.6 Å². The number of hydrogen-bond acceptors (Lipinski definition) is 5. The highest BCUT2D eigenvalue weighted by Crippen LogP contribution is 2.46. The molecular formula is C19H23Cl2NO3S2. The fourth-order valence-electron chi connectivity index (χ4n) is 3.35. The van der Waals surface area contributed by atoms with Crippen molar-refractivity contribution in [3.63, 3.8) is 0 Å². The molecule has 0 bridgehead atoms. The molecule has 1 aliphatic heterocycles. The van der Waals surface area contributed by atoms with Gasteiger partial charge in [0.25, 0.3) is 0 Å². The first-order valence-electron chi connectivity index (χ1n) is 8.95. The molecule has 1 N–H and O–H groups in total. The molecule has 4 nitrogen and oxygen atoms in total. The standard InChI is InChI=1S/C19H23Cl2NO3S2/c1-4-26-17(20)12-6-7-13(18(21)27-5-2)15-14(12)11-8-9-24-19(16(11)22-15)25-10(3)23/h6-7,17-19,22H,4-5,8-9H2,1-3H3. The van der Waals surface area contributed by atoms with Gasteiger partial charge in [0.15, 0.2) is 0 Å². The van der Waals surface area contributed by atoms with E-state index < -0.39 is 6.29 Å². The predicted molar refractivity (Wildman–Crippen MR) is 116 cm³/mol. The summed E-state index contributed by atoms with van der Waals surface area (Å²) in [4.78, 5) is 14.9. The van der Waals surface area contributed by atoms with Gasteiger partial charge < -0.3 is 14.5 Å². The second-order valence-electron chi connectivity index (χ2n) is 6.12. The second kappa shape index (κ2) is 9.31. The quantitative estimate of drug-likeness (QED) is 0.399. The van der Waals surface area contributed by atoms with E-state index in [9.17, 15) is 4.79 Å². The van der Waals surface area contributed by atoms with Gasteiger partial charge in [-0.25, -0.2) is 0 Å². The number of esters is 1. The number of aromatic amines is 1. The Kier molecular flexibility index (Phi) is 7.31. The number of carbonyl (C=O) groups is 1. The summed E-state index contributed by atoms with van der Waals surface area (Å²) in [7, 11) is 0. The van der Waals surface area contributed by atoms with E-state index in [0.29, 0.717) is 6.61 Å². The average Bonchev–Trinajstić information content (AvgIpc) is 3.01. The summed E-state index contributed by atoms with van der Waals surface area (Å²) >= 11 is 16.7. The number of aromatic nitrogens is 1. The molecule has 27 heavy (non-hydrogen) atoms. The molecule has 8 heteroatoms. The van der Waals surface area contributed by atoms with Gasteiger partial charge in [0.2, 0.25) is 6.29 Å². The molecule has 0 spiro atoms. The van der Waals surface area contributed by atoms with E-state index >= 15 is 0 Å². The van der Waals surface area contributed by atoms with Crippen LogP contribution in [0.15, 0.2) is 12.1 Å². The first kappa shape index (κ1) is 21.2. The van der Waals surface area contributed by atoms with E-state index in [1.807, 2.05) is 6.07 Å². The van der Waals surface area contributed by atoms with Crippen molar-refractivity contribution in [2.45, 2.75) is 42.9 Å². The van der Waals surface area contributed by atoms with Crippen molar-refractivity contribution in [2.75, 3.05) is 18.1 Å². The van der Waals surface area contributed by atoms with Gasteiger partial charge in [-0.15, -0.1) is 46.7 Å². The number of halogens is 2. The van der Waals surface area contributed by atoms with Crippen molar-refractivity contribution in [2.24, 2.45) is 0 Å². The van der Waals surface area contributed by atoms with Crippen molar-refractivity contribution < 1.29 is 14.3 Å². The van der Waals surface area contributed by atoms with E-state index in [1.165, 1.54) is 6.92 Å². The van der Waals surface area contributed by atoms with Crippen molar-refractivity contribution in [1.82, 2.24) is 4.98 Å². The summed E-state index contributed by atoms with van der Waals surface area (Å²) < 4.78 is 10.7. The molecule has 2 heterocycles. The highest BCUT2D eigenvalue weighted by Gasteiger charge is 2.31. The van der Waals surface area contributed by atoms with Crippen LogP contribution in [0.2, 0.25) is 0 Å². The zero-order valence-corrected chi connectivity index (χ0v) is 18.7. The lowest BCUT2D eigenvalue weighted by atomic mass is 10.00. The smallest absolute Gasteiger partial charge is 0.305 e. The van der Waals surface area contributed by atoms with Gasteiger partial charge in [0.05, 0.1) is 17.8 Å². The van der Waals surface area contributed by atoms with Crippen molar-refractivity contribution in [3.05, 3.63) is 34.5 Å².